The lowest BCUT2D eigenvalue weighted by Crippen LogP contribution is -2.36. The van der Waals surface area contributed by atoms with E-state index in [1.54, 1.807) is 14.0 Å². The predicted octanol–water partition coefficient (Wildman–Crippen LogP) is 0.877. The first kappa shape index (κ1) is 12.3. The average Bonchev–Trinajstić information content (AvgIpc) is 2.35. The van der Waals surface area contributed by atoms with Gasteiger partial charge >= 0.3 is 0 Å². The van der Waals surface area contributed by atoms with Crippen LogP contribution in [0.1, 0.15) is 12.5 Å². The van der Waals surface area contributed by atoms with Gasteiger partial charge in [-0.15, -0.1) is 0 Å². The number of benzene rings is 1. The summed E-state index contributed by atoms with van der Waals surface area (Å²) in [6.45, 7) is 1.71. The molecule has 1 aromatic carbocycles. The molecule has 0 aromatic heterocycles. The van der Waals surface area contributed by atoms with Gasteiger partial charge in [0.15, 0.2) is 0 Å². The summed E-state index contributed by atoms with van der Waals surface area (Å²) in [5.74, 6) is 5.03. The largest absolute Gasteiger partial charge is 0.394 e. The third-order valence-electron chi connectivity index (χ3n) is 2.33. The molecule has 0 bridgehead atoms. The van der Waals surface area contributed by atoms with Gasteiger partial charge in [-0.3, -0.25) is 4.79 Å². The molecule has 1 aromatic rings. The fourth-order valence-corrected chi connectivity index (χ4v) is 1.06. The van der Waals surface area contributed by atoms with Crippen molar-refractivity contribution < 1.29 is 9.90 Å². The lowest BCUT2D eigenvalue weighted by atomic mass is 10.2. The van der Waals surface area contributed by atoms with Crippen LogP contribution >= 0.6 is 0 Å². The summed E-state index contributed by atoms with van der Waals surface area (Å²) in [7, 11) is 1.63. The number of hydrogen-bond acceptors (Lipinski definition) is 2. The zero-order valence-electron chi connectivity index (χ0n) is 9.47. The SMILES string of the molecule is CC(CO)N(C)C(=O)C#Cc1ccccc1. The summed E-state index contributed by atoms with van der Waals surface area (Å²) in [5.41, 5.74) is 0.806. The smallest absolute Gasteiger partial charge is 0.298 e. The van der Waals surface area contributed by atoms with Gasteiger partial charge in [-0.25, -0.2) is 0 Å². The Bertz CT molecular complexity index is 403. The van der Waals surface area contributed by atoms with Crippen LogP contribution in [0.15, 0.2) is 30.3 Å². The van der Waals surface area contributed by atoms with Gasteiger partial charge in [-0.2, -0.15) is 0 Å². The molecular weight excluding hydrogens is 202 g/mol. The van der Waals surface area contributed by atoms with Crippen LogP contribution < -0.4 is 0 Å². The molecule has 0 fully saturated rings. The topological polar surface area (TPSA) is 40.5 Å². The van der Waals surface area contributed by atoms with Crippen molar-refractivity contribution in [1.82, 2.24) is 4.90 Å². The fourth-order valence-electron chi connectivity index (χ4n) is 1.06. The van der Waals surface area contributed by atoms with E-state index in [9.17, 15) is 4.79 Å². The molecule has 0 heterocycles. The molecule has 3 nitrogen and oxygen atoms in total. The Kier molecular flexibility index (Phi) is 4.56. The summed E-state index contributed by atoms with van der Waals surface area (Å²) >= 11 is 0. The molecule has 0 aliphatic carbocycles. The number of amides is 1. The zero-order valence-corrected chi connectivity index (χ0v) is 9.47. The molecule has 0 aliphatic rings. The third kappa shape index (κ3) is 3.41. The van der Waals surface area contributed by atoms with E-state index in [0.29, 0.717) is 0 Å². The monoisotopic (exact) mass is 217 g/mol. The van der Waals surface area contributed by atoms with E-state index < -0.39 is 0 Å². The summed E-state index contributed by atoms with van der Waals surface area (Å²) in [4.78, 5) is 13.0. The van der Waals surface area contributed by atoms with Crippen molar-refractivity contribution in [3.63, 3.8) is 0 Å². The van der Waals surface area contributed by atoms with Gasteiger partial charge in [0.2, 0.25) is 0 Å². The van der Waals surface area contributed by atoms with E-state index in [-0.39, 0.29) is 18.6 Å². The van der Waals surface area contributed by atoms with E-state index >= 15 is 0 Å². The van der Waals surface area contributed by atoms with Crippen LogP contribution in [0.4, 0.5) is 0 Å². The average molecular weight is 217 g/mol. The van der Waals surface area contributed by atoms with Crippen molar-refractivity contribution in [1.29, 1.82) is 0 Å². The highest BCUT2D eigenvalue weighted by atomic mass is 16.3. The van der Waals surface area contributed by atoms with Crippen molar-refractivity contribution in [3.05, 3.63) is 35.9 Å². The second-order valence-electron chi connectivity index (χ2n) is 3.56. The molecule has 0 aliphatic heterocycles. The number of aliphatic hydroxyl groups excluding tert-OH is 1. The maximum Gasteiger partial charge on any atom is 0.298 e. The second-order valence-corrected chi connectivity index (χ2v) is 3.56. The van der Waals surface area contributed by atoms with Crippen molar-refractivity contribution >= 4 is 5.91 Å². The molecule has 1 rings (SSSR count). The quantitative estimate of drug-likeness (QED) is 0.747. The van der Waals surface area contributed by atoms with E-state index in [2.05, 4.69) is 11.8 Å². The number of rotatable bonds is 2. The Balaban J connectivity index is 2.68. The molecule has 1 unspecified atom stereocenters. The lowest BCUT2D eigenvalue weighted by molar-refractivity contribution is -0.126. The van der Waals surface area contributed by atoms with Gasteiger partial charge in [0, 0.05) is 18.5 Å². The third-order valence-corrected chi connectivity index (χ3v) is 2.33. The molecule has 1 amide bonds. The number of carbonyl (C=O) groups is 1. The lowest BCUT2D eigenvalue weighted by Gasteiger charge is -2.20. The molecule has 1 atom stereocenters. The first-order chi connectivity index (χ1) is 7.65. The normalized spacial score (nSPS) is 11.2. The minimum absolute atomic E-state index is 0.0603. The molecule has 16 heavy (non-hydrogen) atoms. The number of aliphatic hydroxyl groups is 1. The number of likely N-dealkylation sites (N-methyl/N-ethyl adjacent to an activating group) is 1. The molecule has 3 heteroatoms. The number of carbonyl (C=O) groups excluding carboxylic acids is 1. The fraction of sp³-hybridized carbons (Fsp3) is 0.308. The summed E-state index contributed by atoms with van der Waals surface area (Å²) in [6.07, 6.45) is 0. The first-order valence-electron chi connectivity index (χ1n) is 5.10. The van der Waals surface area contributed by atoms with Crippen LogP contribution in [-0.4, -0.2) is 35.6 Å². The maximum absolute atomic E-state index is 11.6. The van der Waals surface area contributed by atoms with Gasteiger partial charge in [0.1, 0.15) is 0 Å². The molecule has 1 N–H and O–H groups in total. The number of hydrogen-bond donors (Lipinski definition) is 1. The summed E-state index contributed by atoms with van der Waals surface area (Å²) in [6, 6.07) is 9.11. The van der Waals surface area contributed by atoms with E-state index in [0.717, 1.165) is 5.56 Å². The van der Waals surface area contributed by atoms with Crippen LogP contribution in [0.2, 0.25) is 0 Å². The number of nitrogens with zero attached hydrogens (tertiary/aromatic N) is 1. The zero-order chi connectivity index (χ0) is 12.0. The van der Waals surface area contributed by atoms with Crippen molar-refractivity contribution in [3.8, 4) is 11.8 Å². The highest BCUT2D eigenvalue weighted by Gasteiger charge is 2.11. The summed E-state index contributed by atoms with van der Waals surface area (Å²) in [5, 5.41) is 8.90. The molecule has 0 saturated heterocycles. The summed E-state index contributed by atoms with van der Waals surface area (Å²) < 4.78 is 0. The van der Waals surface area contributed by atoms with Gasteiger partial charge in [0.25, 0.3) is 5.91 Å². The molecule has 0 spiro atoms. The predicted molar refractivity (Wildman–Crippen MR) is 62.6 cm³/mol. The highest BCUT2D eigenvalue weighted by molar-refractivity contribution is 5.94. The van der Waals surface area contributed by atoms with Crippen LogP contribution in [0.25, 0.3) is 0 Å². The van der Waals surface area contributed by atoms with Gasteiger partial charge in [-0.1, -0.05) is 24.1 Å². The van der Waals surface area contributed by atoms with Crippen LogP contribution in [0.3, 0.4) is 0 Å². The van der Waals surface area contributed by atoms with Crippen LogP contribution in [0, 0.1) is 11.8 Å². The second kappa shape index (κ2) is 5.94. The molecular formula is C13H15NO2. The van der Waals surface area contributed by atoms with E-state index in [4.69, 9.17) is 5.11 Å². The minimum atomic E-state index is -0.287. The minimum Gasteiger partial charge on any atom is -0.394 e. The Morgan fingerprint density at radius 1 is 1.44 bits per heavy atom. The van der Waals surface area contributed by atoms with E-state index in [1.165, 1.54) is 4.90 Å². The molecule has 0 saturated carbocycles. The highest BCUT2D eigenvalue weighted by Crippen LogP contribution is 1.97. The van der Waals surface area contributed by atoms with Crippen LogP contribution in [0.5, 0.6) is 0 Å². The molecule has 84 valence electrons. The van der Waals surface area contributed by atoms with Crippen LogP contribution in [-0.2, 0) is 4.79 Å². The van der Waals surface area contributed by atoms with Crippen molar-refractivity contribution in [2.45, 2.75) is 13.0 Å². The Hall–Kier alpha value is -1.79. The van der Waals surface area contributed by atoms with Crippen molar-refractivity contribution in [2.24, 2.45) is 0 Å². The Labute approximate surface area is 95.7 Å². The van der Waals surface area contributed by atoms with Gasteiger partial charge in [0.05, 0.1) is 12.6 Å². The molecule has 0 radical (unpaired) electrons. The van der Waals surface area contributed by atoms with E-state index in [1.807, 2.05) is 30.3 Å². The van der Waals surface area contributed by atoms with Gasteiger partial charge in [-0.05, 0) is 19.1 Å². The maximum atomic E-state index is 11.6. The van der Waals surface area contributed by atoms with Crippen molar-refractivity contribution in [2.75, 3.05) is 13.7 Å². The Morgan fingerprint density at radius 3 is 2.62 bits per heavy atom. The first-order valence-corrected chi connectivity index (χ1v) is 5.10. The van der Waals surface area contributed by atoms with Gasteiger partial charge < -0.3 is 10.0 Å². The standard InChI is InChI=1S/C13H15NO2/c1-11(10-15)14(2)13(16)9-8-12-6-4-3-5-7-12/h3-7,11,15H,10H2,1-2H3. The Morgan fingerprint density at radius 2 is 2.06 bits per heavy atom.